The summed E-state index contributed by atoms with van der Waals surface area (Å²) in [6.07, 6.45) is 1.01. The largest absolute Gasteiger partial charge is 0.417 e. The summed E-state index contributed by atoms with van der Waals surface area (Å²) in [7, 11) is 0. The zero-order chi connectivity index (χ0) is 18.7. The Morgan fingerprint density at radius 3 is 2.69 bits per heavy atom. The summed E-state index contributed by atoms with van der Waals surface area (Å²) in [6.45, 7) is 6.18. The van der Waals surface area contributed by atoms with Crippen molar-refractivity contribution in [2.75, 3.05) is 26.2 Å². The van der Waals surface area contributed by atoms with E-state index in [9.17, 15) is 14.4 Å². The first-order valence-electron chi connectivity index (χ1n) is 8.87. The molecule has 3 amide bonds. The lowest BCUT2D eigenvalue weighted by Crippen LogP contribution is -2.45. The lowest BCUT2D eigenvalue weighted by molar-refractivity contribution is -0.130. The summed E-state index contributed by atoms with van der Waals surface area (Å²) in [5.41, 5.74) is 1.89. The summed E-state index contributed by atoms with van der Waals surface area (Å²) >= 11 is 0. The van der Waals surface area contributed by atoms with Gasteiger partial charge in [-0.25, -0.2) is 9.59 Å². The zero-order valence-corrected chi connectivity index (χ0v) is 15.1. The number of H-pyrrole nitrogens is 1. The summed E-state index contributed by atoms with van der Waals surface area (Å²) in [6, 6.07) is 5.25. The maximum Gasteiger partial charge on any atom is 0.417 e. The highest BCUT2D eigenvalue weighted by Crippen LogP contribution is 2.14. The van der Waals surface area contributed by atoms with E-state index < -0.39 is 5.76 Å². The molecule has 0 bridgehead atoms. The fraction of sp³-hybridized carbons (Fsp3) is 0.500. The number of hydrogen-bond acceptors (Lipinski definition) is 4. The molecule has 1 fully saturated rings. The van der Waals surface area contributed by atoms with Crippen LogP contribution in [0.2, 0.25) is 0 Å². The molecule has 3 rings (SSSR count). The average molecular weight is 360 g/mol. The number of oxazole rings is 1. The summed E-state index contributed by atoms with van der Waals surface area (Å²) < 4.78 is 4.97. The number of carbonyl (C=O) groups is 2. The Bertz CT molecular complexity index is 854. The van der Waals surface area contributed by atoms with Crippen molar-refractivity contribution in [3.8, 4) is 0 Å². The van der Waals surface area contributed by atoms with Gasteiger partial charge in [-0.15, -0.1) is 0 Å². The first-order valence-corrected chi connectivity index (χ1v) is 8.87. The molecule has 140 valence electrons. The summed E-state index contributed by atoms with van der Waals surface area (Å²) in [5.74, 6) is -0.489. The number of rotatable bonds is 3. The van der Waals surface area contributed by atoms with E-state index in [2.05, 4.69) is 10.3 Å². The fourth-order valence-electron chi connectivity index (χ4n) is 3.10. The van der Waals surface area contributed by atoms with Gasteiger partial charge in [0.15, 0.2) is 5.58 Å². The SMILES string of the molecule is CC(C)NC(=O)N1CCCN(C(=O)Cc2ccc3oc(=O)[nH]c3c2)CC1. The molecule has 8 heteroatoms. The van der Waals surface area contributed by atoms with Crippen LogP contribution in [0.25, 0.3) is 11.1 Å². The van der Waals surface area contributed by atoms with Crippen molar-refractivity contribution in [3.63, 3.8) is 0 Å². The van der Waals surface area contributed by atoms with Gasteiger partial charge in [0.05, 0.1) is 11.9 Å². The Labute approximate surface area is 151 Å². The number of carbonyl (C=O) groups excluding carboxylic acids is 2. The Hall–Kier alpha value is -2.77. The van der Waals surface area contributed by atoms with Crippen LogP contribution in [0, 0.1) is 0 Å². The second-order valence-corrected chi connectivity index (χ2v) is 6.85. The lowest BCUT2D eigenvalue weighted by atomic mass is 10.1. The minimum atomic E-state index is -0.504. The molecule has 2 heterocycles. The number of fused-ring (bicyclic) bond motifs is 1. The van der Waals surface area contributed by atoms with Crippen molar-refractivity contribution in [2.45, 2.75) is 32.7 Å². The fourth-order valence-corrected chi connectivity index (χ4v) is 3.10. The highest BCUT2D eigenvalue weighted by Gasteiger charge is 2.22. The van der Waals surface area contributed by atoms with Crippen molar-refractivity contribution in [3.05, 3.63) is 34.3 Å². The predicted molar refractivity (Wildman–Crippen MR) is 97.0 cm³/mol. The molecule has 1 aliphatic heterocycles. The maximum absolute atomic E-state index is 12.6. The third kappa shape index (κ3) is 4.25. The maximum atomic E-state index is 12.6. The molecule has 8 nitrogen and oxygen atoms in total. The van der Waals surface area contributed by atoms with Gasteiger partial charge in [-0.05, 0) is 38.0 Å². The Morgan fingerprint density at radius 1 is 1.19 bits per heavy atom. The lowest BCUT2D eigenvalue weighted by Gasteiger charge is -2.23. The number of benzene rings is 1. The molecule has 26 heavy (non-hydrogen) atoms. The monoisotopic (exact) mass is 360 g/mol. The second kappa shape index (κ2) is 7.63. The standard InChI is InChI=1S/C18H24N4O4/c1-12(2)19-17(24)22-7-3-6-21(8-9-22)16(23)11-13-4-5-15-14(10-13)20-18(25)26-15/h4-5,10,12H,3,6-9,11H2,1-2H3,(H,19,24)(H,20,25). The molecule has 0 aliphatic carbocycles. The van der Waals surface area contributed by atoms with Gasteiger partial charge in [0.25, 0.3) is 0 Å². The van der Waals surface area contributed by atoms with Crippen LogP contribution >= 0.6 is 0 Å². The predicted octanol–water partition coefficient (Wildman–Crippen LogP) is 1.32. The number of nitrogens with zero attached hydrogens (tertiary/aromatic N) is 2. The van der Waals surface area contributed by atoms with Crippen LogP contribution in [0.1, 0.15) is 25.8 Å². The Morgan fingerprint density at radius 2 is 1.92 bits per heavy atom. The average Bonchev–Trinajstić information content (AvgIpc) is 2.79. The molecule has 1 aromatic carbocycles. The number of nitrogens with one attached hydrogen (secondary N) is 2. The zero-order valence-electron chi connectivity index (χ0n) is 15.1. The number of hydrogen-bond donors (Lipinski definition) is 2. The van der Waals surface area contributed by atoms with Gasteiger partial charge < -0.3 is 19.5 Å². The third-order valence-electron chi connectivity index (χ3n) is 4.39. The number of urea groups is 1. The number of aromatic nitrogens is 1. The Balaban J connectivity index is 1.60. The van der Waals surface area contributed by atoms with E-state index in [1.54, 1.807) is 28.0 Å². The van der Waals surface area contributed by atoms with E-state index in [1.807, 2.05) is 13.8 Å². The number of aromatic amines is 1. The van der Waals surface area contributed by atoms with Crippen LogP contribution in [-0.4, -0.2) is 58.9 Å². The van der Waals surface area contributed by atoms with Crippen LogP contribution in [-0.2, 0) is 11.2 Å². The third-order valence-corrected chi connectivity index (χ3v) is 4.39. The van der Waals surface area contributed by atoms with Crippen LogP contribution < -0.4 is 11.1 Å². The van der Waals surface area contributed by atoms with Crippen molar-refractivity contribution in [2.24, 2.45) is 0 Å². The van der Waals surface area contributed by atoms with Gasteiger partial charge in [-0.1, -0.05) is 6.07 Å². The van der Waals surface area contributed by atoms with Gasteiger partial charge in [0.2, 0.25) is 5.91 Å². The normalized spacial score (nSPS) is 15.3. The van der Waals surface area contributed by atoms with E-state index in [4.69, 9.17) is 4.42 Å². The van der Waals surface area contributed by atoms with Crippen LogP contribution in [0.5, 0.6) is 0 Å². The van der Waals surface area contributed by atoms with Gasteiger partial charge in [0.1, 0.15) is 0 Å². The van der Waals surface area contributed by atoms with E-state index >= 15 is 0 Å². The molecule has 1 aromatic heterocycles. The quantitative estimate of drug-likeness (QED) is 0.862. The molecule has 0 saturated carbocycles. The van der Waals surface area contributed by atoms with E-state index in [0.717, 1.165) is 12.0 Å². The van der Waals surface area contributed by atoms with Crippen LogP contribution in [0.15, 0.2) is 27.4 Å². The van der Waals surface area contributed by atoms with Gasteiger partial charge in [-0.3, -0.25) is 9.78 Å². The molecule has 0 spiro atoms. The van der Waals surface area contributed by atoms with Crippen molar-refractivity contribution in [1.82, 2.24) is 20.1 Å². The molecule has 1 saturated heterocycles. The molecule has 0 radical (unpaired) electrons. The molecule has 0 atom stereocenters. The van der Waals surface area contributed by atoms with Crippen molar-refractivity contribution >= 4 is 23.0 Å². The van der Waals surface area contributed by atoms with E-state index in [0.29, 0.717) is 37.3 Å². The van der Waals surface area contributed by atoms with Crippen molar-refractivity contribution in [1.29, 1.82) is 0 Å². The van der Waals surface area contributed by atoms with Gasteiger partial charge in [0, 0.05) is 32.2 Å². The minimum Gasteiger partial charge on any atom is -0.408 e. The van der Waals surface area contributed by atoms with Crippen LogP contribution in [0.4, 0.5) is 4.79 Å². The smallest absolute Gasteiger partial charge is 0.408 e. The highest BCUT2D eigenvalue weighted by atomic mass is 16.4. The topological polar surface area (TPSA) is 98.7 Å². The summed E-state index contributed by atoms with van der Waals surface area (Å²) in [5, 5.41) is 2.89. The van der Waals surface area contributed by atoms with E-state index in [1.165, 1.54) is 0 Å². The minimum absolute atomic E-state index is 0.0151. The molecule has 0 unspecified atom stereocenters. The van der Waals surface area contributed by atoms with E-state index in [-0.39, 0.29) is 24.4 Å². The molecule has 2 aromatic rings. The first kappa shape index (κ1) is 18.0. The number of amides is 3. The molecule has 1 aliphatic rings. The molecule has 2 N–H and O–H groups in total. The van der Waals surface area contributed by atoms with Crippen molar-refractivity contribution < 1.29 is 14.0 Å². The first-order chi connectivity index (χ1) is 12.4. The molecular formula is C18H24N4O4. The van der Waals surface area contributed by atoms with Crippen LogP contribution in [0.3, 0.4) is 0 Å². The second-order valence-electron chi connectivity index (χ2n) is 6.85. The van der Waals surface area contributed by atoms with Gasteiger partial charge in [-0.2, -0.15) is 0 Å². The molecular weight excluding hydrogens is 336 g/mol. The Kier molecular flexibility index (Phi) is 5.29. The highest BCUT2D eigenvalue weighted by molar-refractivity contribution is 5.81. The summed E-state index contributed by atoms with van der Waals surface area (Å²) in [4.78, 5) is 42.1. The van der Waals surface area contributed by atoms with Gasteiger partial charge >= 0.3 is 11.8 Å².